The number of Topliss-reactive ketones (excluding diaryl/α,β-unsaturated/α-hetero) is 1. The highest BCUT2D eigenvalue weighted by Gasteiger charge is 2.19. The highest BCUT2D eigenvalue weighted by molar-refractivity contribution is 6.04. The SMILES string of the molecule is CC(=O)c1cc2c(cc1NC(=O)COc1ccccc1)OCCO2. The Balaban J connectivity index is 1.73. The fraction of sp³-hybridized carbons (Fsp3) is 0.222. The van der Waals surface area contributed by atoms with Gasteiger partial charge in [0.1, 0.15) is 19.0 Å². The number of benzene rings is 2. The van der Waals surface area contributed by atoms with Crippen molar-refractivity contribution in [2.24, 2.45) is 0 Å². The average Bonchev–Trinajstić information content (AvgIpc) is 2.60. The minimum absolute atomic E-state index is 0.157. The van der Waals surface area contributed by atoms with Gasteiger partial charge in [-0.2, -0.15) is 0 Å². The maximum atomic E-state index is 12.1. The Hall–Kier alpha value is -3.02. The van der Waals surface area contributed by atoms with E-state index in [-0.39, 0.29) is 18.3 Å². The molecule has 0 bridgehead atoms. The van der Waals surface area contributed by atoms with Gasteiger partial charge in [0, 0.05) is 11.6 Å². The highest BCUT2D eigenvalue weighted by atomic mass is 16.6. The van der Waals surface area contributed by atoms with E-state index >= 15 is 0 Å². The molecule has 0 saturated carbocycles. The van der Waals surface area contributed by atoms with Crippen LogP contribution in [-0.2, 0) is 4.79 Å². The summed E-state index contributed by atoms with van der Waals surface area (Å²) >= 11 is 0. The van der Waals surface area contributed by atoms with Gasteiger partial charge in [-0.3, -0.25) is 9.59 Å². The normalized spacial score (nSPS) is 12.4. The molecule has 1 N–H and O–H groups in total. The molecule has 1 heterocycles. The first-order chi connectivity index (χ1) is 11.6. The summed E-state index contributed by atoms with van der Waals surface area (Å²) in [7, 11) is 0. The third kappa shape index (κ3) is 3.65. The van der Waals surface area contributed by atoms with Crippen LogP contribution in [0, 0.1) is 0 Å². The molecule has 2 aromatic carbocycles. The van der Waals surface area contributed by atoms with E-state index in [9.17, 15) is 9.59 Å². The number of ether oxygens (including phenoxy) is 3. The second kappa shape index (κ2) is 7.04. The Morgan fingerprint density at radius 1 is 1.08 bits per heavy atom. The first-order valence-corrected chi connectivity index (χ1v) is 7.56. The van der Waals surface area contributed by atoms with Crippen molar-refractivity contribution < 1.29 is 23.8 Å². The number of carbonyl (C=O) groups excluding carboxylic acids is 2. The van der Waals surface area contributed by atoms with E-state index in [0.717, 1.165) is 0 Å². The summed E-state index contributed by atoms with van der Waals surface area (Å²) in [6, 6.07) is 12.2. The molecule has 24 heavy (non-hydrogen) atoms. The monoisotopic (exact) mass is 327 g/mol. The summed E-state index contributed by atoms with van der Waals surface area (Å²) in [5, 5.41) is 2.69. The molecule has 0 saturated heterocycles. The van der Waals surface area contributed by atoms with Crippen LogP contribution >= 0.6 is 0 Å². The Bertz CT molecular complexity index is 758. The zero-order valence-electron chi connectivity index (χ0n) is 13.2. The van der Waals surface area contributed by atoms with Gasteiger partial charge in [-0.05, 0) is 25.1 Å². The average molecular weight is 327 g/mol. The van der Waals surface area contributed by atoms with Crippen molar-refractivity contribution in [1.82, 2.24) is 0 Å². The van der Waals surface area contributed by atoms with E-state index in [1.165, 1.54) is 6.92 Å². The topological polar surface area (TPSA) is 73.9 Å². The summed E-state index contributed by atoms with van der Waals surface area (Å²) in [5.74, 6) is 1.07. The third-order valence-corrected chi connectivity index (χ3v) is 3.45. The van der Waals surface area contributed by atoms with E-state index in [1.807, 2.05) is 18.2 Å². The molecule has 0 radical (unpaired) electrons. The van der Waals surface area contributed by atoms with Crippen molar-refractivity contribution in [1.29, 1.82) is 0 Å². The lowest BCUT2D eigenvalue weighted by molar-refractivity contribution is -0.118. The van der Waals surface area contributed by atoms with Gasteiger partial charge in [-0.15, -0.1) is 0 Å². The molecule has 1 amide bonds. The highest BCUT2D eigenvalue weighted by Crippen LogP contribution is 2.35. The van der Waals surface area contributed by atoms with Gasteiger partial charge in [0.15, 0.2) is 23.9 Å². The first kappa shape index (κ1) is 15.9. The van der Waals surface area contributed by atoms with Gasteiger partial charge in [-0.1, -0.05) is 18.2 Å². The van der Waals surface area contributed by atoms with Crippen LogP contribution in [-0.4, -0.2) is 31.5 Å². The molecule has 0 spiro atoms. The molecule has 1 aliphatic heterocycles. The number of rotatable bonds is 5. The molecule has 0 aromatic heterocycles. The van der Waals surface area contributed by atoms with Crippen molar-refractivity contribution in [3.63, 3.8) is 0 Å². The standard InChI is InChI=1S/C18H17NO5/c1-12(20)14-9-16-17(23-8-7-22-16)10-15(14)19-18(21)11-24-13-5-3-2-4-6-13/h2-6,9-10H,7-8,11H2,1H3,(H,19,21). The smallest absolute Gasteiger partial charge is 0.262 e. The molecule has 0 aliphatic carbocycles. The second-order valence-corrected chi connectivity index (χ2v) is 5.25. The number of ketones is 1. The fourth-order valence-electron chi connectivity index (χ4n) is 2.34. The van der Waals surface area contributed by atoms with Crippen LogP contribution in [0.15, 0.2) is 42.5 Å². The number of hydrogen-bond donors (Lipinski definition) is 1. The third-order valence-electron chi connectivity index (χ3n) is 3.45. The zero-order valence-corrected chi connectivity index (χ0v) is 13.2. The predicted molar refractivity (Wildman–Crippen MR) is 88.0 cm³/mol. The van der Waals surface area contributed by atoms with Crippen LogP contribution in [0.1, 0.15) is 17.3 Å². The minimum atomic E-state index is -0.363. The van der Waals surface area contributed by atoms with Crippen molar-refractivity contribution in [2.75, 3.05) is 25.1 Å². The summed E-state index contributed by atoms with van der Waals surface area (Å²) in [4.78, 5) is 23.9. The maximum Gasteiger partial charge on any atom is 0.262 e. The van der Waals surface area contributed by atoms with Crippen LogP contribution in [0.25, 0.3) is 0 Å². The van der Waals surface area contributed by atoms with Gasteiger partial charge in [0.2, 0.25) is 0 Å². The molecule has 1 aliphatic rings. The number of para-hydroxylation sites is 1. The van der Waals surface area contributed by atoms with E-state index < -0.39 is 0 Å². The number of amides is 1. The van der Waals surface area contributed by atoms with E-state index in [2.05, 4.69) is 5.32 Å². The summed E-state index contributed by atoms with van der Waals surface area (Å²) in [6.45, 7) is 2.13. The molecule has 2 aromatic rings. The Labute approximate surface area is 139 Å². The quantitative estimate of drug-likeness (QED) is 0.855. The summed E-state index contributed by atoms with van der Waals surface area (Å²) in [6.07, 6.45) is 0. The molecule has 0 fully saturated rings. The van der Waals surface area contributed by atoms with E-state index in [0.29, 0.717) is 41.7 Å². The van der Waals surface area contributed by atoms with E-state index in [1.54, 1.807) is 24.3 Å². The molecule has 3 rings (SSSR count). The molecule has 6 heteroatoms. The Morgan fingerprint density at radius 3 is 2.42 bits per heavy atom. The number of anilines is 1. The van der Waals surface area contributed by atoms with Gasteiger partial charge in [0.25, 0.3) is 5.91 Å². The van der Waals surface area contributed by atoms with Crippen LogP contribution in [0.5, 0.6) is 17.2 Å². The largest absolute Gasteiger partial charge is 0.486 e. The molecule has 0 atom stereocenters. The Morgan fingerprint density at radius 2 is 1.75 bits per heavy atom. The summed E-state index contributed by atoms with van der Waals surface area (Å²) < 4.78 is 16.4. The van der Waals surface area contributed by atoms with Crippen LogP contribution in [0.4, 0.5) is 5.69 Å². The van der Waals surface area contributed by atoms with Crippen molar-refractivity contribution in [3.05, 3.63) is 48.0 Å². The van der Waals surface area contributed by atoms with Gasteiger partial charge >= 0.3 is 0 Å². The second-order valence-electron chi connectivity index (χ2n) is 5.25. The van der Waals surface area contributed by atoms with Gasteiger partial charge in [-0.25, -0.2) is 0 Å². The molecule has 124 valence electrons. The van der Waals surface area contributed by atoms with Crippen LogP contribution in [0.3, 0.4) is 0 Å². The van der Waals surface area contributed by atoms with Crippen molar-refractivity contribution in [2.45, 2.75) is 6.92 Å². The number of hydrogen-bond acceptors (Lipinski definition) is 5. The van der Waals surface area contributed by atoms with E-state index in [4.69, 9.17) is 14.2 Å². The van der Waals surface area contributed by atoms with Crippen LogP contribution in [0.2, 0.25) is 0 Å². The van der Waals surface area contributed by atoms with Crippen molar-refractivity contribution in [3.8, 4) is 17.2 Å². The molecular formula is C18H17NO5. The lowest BCUT2D eigenvalue weighted by Gasteiger charge is -2.20. The van der Waals surface area contributed by atoms with Crippen LogP contribution < -0.4 is 19.5 Å². The summed E-state index contributed by atoms with van der Waals surface area (Å²) in [5.41, 5.74) is 0.751. The Kier molecular flexibility index (Phi) is 4.65. The van der Waals surface area contributed by atoms with Crippen molar-refractivity contribution >= 4 is 17.4 Å². The molecular weight excluding hydrogens is 310 g/mol. The number of fused-ring (bicyclic) bond motifs is 1. The lowest BCUT2D eigenvalue weighted by Crippen LogP contribution is -2.22. The lowest BCUT2D eigenvalue weighted by atomic mass is 10.1. The number of carbonyl (C=O) groups is 2. The minimum Gasteiger partial charge on any atom is -0.486 e. The molecule has 6 nitrogen and oxygen atoms in total. The maximum absolute atomic E-state index is 12.1. The number of nitrogens with one attached hydrogen (secondary N) is 1. The zero-order chi connectivity index (χ0) is 16.9. The molecule has 0 unspecified atom stereocenters. The van der Waals surface area contributed by atoms with Gasteiger partial charge < -0.3 is 19.5 Å². The first-order valence-electron chi connectivity index (χ1n) is 7.56. The fourth-order valence-corrected chi connectivity index (χ4v) is 2.34. The van der Waals surface area contributed by atoms with Gasteiger partial charge in [0.05, 0.1) is 5.69 Å². The predicted octanol–water partition coefficient (Wildman–Crippen LogP) is 2.68.